The Morgan fingerprint density at radius 3 is 2.46 bits per heavy atom. The molecule has 0 amide bonds. The highest BCUT2D eigenvalue weighted by atomic mass is 16.3. The van der Waals surface area contributed by atoms with Crippen LogP contribution >= 0.6 is 0 Å². The van der Waals surface area contributed by atoms with Gasteiger partial charge in [-0.25, -0.2) is 0 Å². The number of rotatable bonds is 15. The van der Waals surface area contributed by atoms with Crippen LogP contribution in [0.15, 0.2) is 24.3 Å². The SMILES string of the molecule is CCCCC(O)(C/C=C/[C@H]1C=CC[C@@H]1CCCCCCCCO)C1CC1. The molecule has 0 aliphatic heterocycles. The van der Waals surface area contributed by atoms with Crippen molar-refractivity contribution in [3.8, 4) is 0 Å². The van der Waals surface area contributed by atoms with E-state index in [1.54, 1.807) is 0 Å². The summed E-state index contributed by atoms with van der Waals surface area (Å²) in [6.45, 7) is 2.56. The molecule has 26 heavy (non-hydrogen) atoms. The zero-order chi connectivity index (χ0) is 18.7. The number of aliphatic hydroxyl groups is 2. The van der Waals surface area contributed by atoms with E-state index in [4.69, 9.17) is 5.11 Å². The van der Waals surface area contributed by atoms with Crippen molar-refractivity contribution in [1.29, 1.82) is 0 Å². The maximum Gasteiger partial charge on any atom is 0.0710 e. The molecule has 0 radical (unpaired) electrons. The van der Waals surface area contributed by atoms with Gasteiger partial charge < -0.3 is 10.2 Å². The summed E-state index contributed by atoms with van der Waals surface area (Å²) >= 11 is 0. The quantitative estimate of drug-likeness (QED) is 0.270. The fraction of sp³-hybridized carbons (Fsp3) is 0.833. The van der Waals surface area contributed by atoms with Crippen LogP contribution in [0.3, 0.4) is 0 Å². The van der Waals surface area contributed by atoms with Crippen molar-refractivity contribution in [2.45, 2.75) is 102 Å². The third kappa shape index (κ3) is 7.56. The minimum Gasteiger partial charge on any atom is -0.396 e. The molecule has 0 heterocycles. The average Bonchev–Trinajstić information content (AvgIpc) is 3.41. The Labute approximate surface area is 161 Å². The first-order chi connectivity index (χ1) is 12.7. The minimum absolute atomic E-state index is 0.343. The Morgan fingerprint density at radius 1 is 1.04 bits per heavy atom. The molecule has 0 aromatic carbocycles. The van der Waals surface area contributed by atoms with Crippen LogP contribution in [0, 0.1) is 17.8 Å². The van der Waals surface area contributed by atoms with Crippen molar-refractivity contribution in [2.75, 3.05) is 6.61 Å². The maximum absolute atomic E-state index is 11.0. The van der Waals surface area contributed by atoms with Gasteiger partial charge in [0, 0.05) is 6.61 Å². The van der Waals surface area contributed by atoms with Crippen LogP contribution in [0.5, 0.6) is 0 Å². The highest BCUT2D eigenvalue weighted by molar-refractivity contribution is 5.11. The van der Waals surface area contributed by atoms with Crippen LogP contribution in [0.1, 0.15) is 96.8 Å². The first-order valence-electron chi connectivity index (χ1n) is 11.4. The van der Waals surface area contributed by atoms with Gasteiger partial charge in [0.05, 0.1) is 5.60 Å². The molecule has 2 aliphatic rings. The van der Waals surface area contributed by atoms with Crippen molar-refractivity contribution >= 4 is 0 Å². The van der Waals surface area contributed by atoms with E-state index >= 15 is 0 Å². The van der Waals surface area contributed by atoms with Gasteiger partial charge in [-0.15, -0.1) is 0 Å². The Kier molecular flexibility index (Phi) is 9.99. The summed E-state index contributed by atoms with van der Waals surface area (Å²) in [6.07, 6.45) is 25.9. The van der Waals surface area contributed by atoms with E-state index in [1.807, 2.05) is 0 Å². The normalized spacial score (nSPS) is 25.2. The van der Waals surface area contributed by atoms with Gasteiger partial charge in [0.2, 0.25) is 0 Å². The minimum atomic E-state index is -0.432. The Morgan fingerprint density at radius 2 is 1.77 bits per heavy atom. The van der Waals surface area contributed by atoms with Crippen LogP contribution in [0.4, 0.5) is 0 Å². The Balaban J connectivity index is 1.66. The molecular formula is C24H42O2. The van der Waals surface area contributed by atoms with Crippen LogP contribution in [0.2, 0.25) is 0 Å². The zero-order valence-corrected chi connectivity index (χ0v) is 17.0. The molecule has 2 heteroatoms. The molecule has 0 aromatic heterocycles. The van der Waals surface area contributed by atoms with Crippen LogP contribution in [0.25, 0.3) is 0 Å². The molecule has 2 rings (SSSR count). The lowest BCUT2D eigenvalue weighted by molar-refractivity contribution is 0.00967. The third-order valence-corrected chi connectivity index (χ3v) is 6.45. The number of hydrogen-bond donors (Lipinski definition) is 2. The van der Waals surface area contributed by atoms with Gasteiger partial charge in [-0.1, -0.05) is 76.2 Å². The van der Waals surface area contributed by atoms with Crippen molar-refractivity contribution in [1.82, 2.24) is 0 Å². The third-order valence-electron chi connectivity index (χ3n) is 6.45. The molecule has 1 saturated carbocycles. The fourth-order valence-electron chi connectivity index (χ4n) is 4.49. The van der Waals surface area contributed by atoms with Gasteiger partial charge in [0.1, 0.15) is 0 Å². The molecule has 0 bridgehead atoms. The summed E-state index contributed by atoms with van der Waals surface area (Å²) in [5.41, 5.74) is -0.432. The molecule has 0 spiro atoms. The molecule has 0 saturated heterocycles. The van der Waals surface area contributed by atoms with E-state index in [2.05, 4.69) is 31.2 Å². The topological polar surface area (TPSA) is 40.5 Å². The summed E-state index contributed by atoms with van der Waals surface area (Å²) in [5, 5.41) is 19.8. The smallest absolute Gasteiger partial charge is 0.0710 e. The first-order valence-corrected chi connectivity index (χ1v) is 11.4. The van der Waals surface area contributed by atoms with Gasteiger partial charge >= 0.3 is 0 Å². The van der Waals surface area contributed by atoms with Crippen LogP contribution in [-0.2, 0) is 0 Å². The van der Waals surface area contributed by atoms with Crippen molar-refractivity contribution in [3.05, 3.63) is 24.3 Å². The number of unbranched alkanes of at least 4 members (excludes halogenated alkanes) is 6. The lowest BCUT2D eigenvalue weighted by Gasteiger charge is -2.27. The predicted molar refractivity (Wildman–Crippen MR) is 111 cm³/mol. The van der Waals surface area contributed by atoms with Gasteiger partial charge in [-0.2, -0.15) is 0 Å². The van der Waals surface area contributed by atoms with E-state index in [0.717, 1.165) is 31.6 Å². The van der Waals surface area contributed by atoms with Gasteiger partial charge in [0.25, 0.3) is 0 Å². The fourth-order valence-corrected chi connectivity index (χ4v) is 4.49. The van der Waals surface area contributed by atoms with Crippen LogP contribution < -0.4 is 0 Å². The lowest BCUT2D eigenvalue weighted by atomic mass is 9.86. The molecule has 2 N–H and O–H groups in total. The van der Waals surface area contributed by atoms with E-state index in [1.165, 1.54) is 64.2 Å². The number of aliphatic hydroxyl groups excluding tert-OH is 1. The summed E-state index contributed by atoms with van der Waals surface area (Å²) < 4.78 is 0. The van der Waals surface area contributed by atoms with Gasteiger partial charge in [-0.05, 0) is 62.7 Å². The molecule has 2 aliphatic carbocycles. The average molecular weight is 363 g/mol. The molecule has 1 unspecified atom stereocenters. The van der Waals surface area contributed by atoms with Crippen molar-refractivity contribution in [2.24, 2.45) is 17.8 Å². The largest absolute Gasteiger partial charge is 0.396 e. The molecular weight excluding hydrogens is 320 g/mol. The van der Waals surface area contributed by atoms with Gasteiger partial charge in [0.15, 0.2) is 0 Å². The van der Waals surface area contributed by atoms with Crippen LogP contribution in [-0.4, -0.2) is 22.4 Å². The van der Waals surface area contributed by atoms with Crippen molar-refractivity contribution in [3.63, 3.8) is 0 Å². The molecule has 0 aromatic rings. The molecule has 3 atom stereocenters. The predicted octanol–water partition coefficient (Wildman–Crippen LogP) is 6.18. The highest BCUT2D eigenvalue weighted by Gasteiger charge is 2.42. The van der Waals surface area contributed by atoms with E-state index in [9.17, 15) is 5.11 Å². The lowest BCUT2D eigenvalue weighted by Crippen LogP contribution is -2.30. The van der Waals surface area contributed by atoms with Gasteiger partial charge in [-0.3, -0.25) is 0 Å². The van der Waals surface area contributed by atoms with E-state index in [0.29, 0.717) is 18.4 Å². The molecule has 150 valence electrons. The Hall–Kier alpha value is -0.600. The molecule has 1 fully saturated rings. The first kappa shape index (κ1) is 21.7. The summed E-state index contributed by atoms with van der Waals surface area (Å²) in [6, 6.07) is 0. The number of hydrogen-bond acceptors (Lipinski definition) is 2. The summed E-state index contributed by atoms with van der Waals surface area (Å²) in [5.74, 6) is 1.91. The Bertz CT molecular complexity index is 424. The second-order valence-electron chi connectivity index (χ2n) is 8.75. The maximum atomic E-state index is 11.0. The highest BCUT2D eigenvalue weighted by Crippen LogP contribution is 2.44. The second-order valence-corrected chi connectivity index (χ2v) is 8.75. The second kappa shape index (κ2) is 12.0. The van der Waals surface area contributed by atoms with Crippen molar-refractivity contribution < 1.29 is 10.2 Å². The zero-order valence-electron chi connectivity index (χ0n) is 17.0. The molecule has 2 nitrogen and oxygen atoms in total. The standard InChI is InChI=1S/C24H42O2/c1-2-3-18-24(26,23-16-17-23)19-11-15-22-14-10-13-21(22)12-8-6-4-5-7-9-20-25/h10-11,14-15,21-23,25-26H,2-9,12-13,16-20H2,1H3/b15-11+/t21-,22+,24?/m0/s1. The summed E-state index contributed by atoms with van der Waals surface area (Å²) in [4.78, 5) is 0. The van der Waals surface area contributed by atoms with E-state index in [-0.39, 0.29) is 0 Å². The van der Waals surface area contributed by atoms with E-state index < -0.39 is 5.60 Å². The number of allylic oxidation sites excluding steroid dienone is 3. The monoisotopic (exact) mass is 362 g/mol. The summed E-state index contributed by atoms with van der Waals surface area (Å²) in [7, 11) is 0.